The molecule has 1 rings (SSSR count). The third kappa shape index (κ3) is 3.36. The molecule has 3 N–H and O–H groups in total. The maximum absolute atomic E-state index is 11.0. The molecule has 0 unspecified atom stereocenters. The topological polar surface area (TPSA) is 64.3 Å². The van der Waals surface area contributed by atoms with E-state index in [-0.39, 0.29) is 17.5 Å². The number of carbonyl (C=O) groups is 1. The van der Waals surface area contributed by atoms with Crippen LogP contribution in [-0.4, -0.2) is 24.6 Å². The number of thiocarbonyl (C=S) groups is 1. The molecular formula is C10H11ClN2O2S. The van der Waals surface area contributed by atoms with Crippen LogP contribution in [0.5, 0.6) is 0 Å². The Morgan fingerprint density at radius 3 is 2.88 bits per heavy atom. The summed E-state index contributed by atoms with van der Waals surface area (Å²) in [5.41, 5.74) is 6.80. The summed E-state index contributed by atoms with van der Waals surface area (Å²) in [6, 6.07) is 5.03. The van der Waals surface area contributed by atoms with E-state index < -0.39 is 0 Å². The van der Waals surface area contributed by atoms with Crippen LogP contribution >= 0.6 is 23.8 Å². The fourth-order valence-corrected chi connectivity index (χ4v) is 1.46. The summed E-state index contributed by atoms with van der Waals surface area (Å²) in [5, 5.41) is 3.41. The van der Waals surface area contributed by atoms with Gasteiger partial charge < -0.3 is 15.8 Å². The van der Waals surface area contributed by atoms with Crippen LogP contribution in [-0.2, 0) is 9.53 Å². The Labute approximate surface area is 104 Å². The van der Waals surface area contributed by atoms with Crippen LogP contribution in [0.3, 0.4) is 0 Å². The molecule has 0 heterocycles. The van der Waals surface area contributed by atoms with Gasteiger partial charge in [0.15, 0.2) is 0 Å². The van der Waals surface area contributed by atoms with Crippen molar-refractivity contribution >= 4 is 40.5 Å². The van der Waals surface area contributed by atoms with Gasteiger partial charge in [-0.15, -0.1) is 0 Å². The van der Waals surface area contributed by atoms with Gasteiger partial charge in [-0.2, -0.15) is 0 Å². The average molecular weight is 259 g/mol. The van der Waals surface area contributed by atoms with Crippen molar-refractivity contribution in [1.29, 1.82) is 0 Å². The first-order valence-corrected chi connectivity index (χ1v) is 5.23. The molecule has 6 heteroatoms. The van der Waals surface area contributed by atoms with E-state index in [1.165, 1.54) is 7.11 Å². The summed E-state index contributed by atoms with van der Waals surface area (Å²) < 4.78 is 4.50. The lowest BCUT2D eigenvalue weighted by molar-refractivity contribution is -0.138. The molecule has 0 fully saturated rings. The largest absolute Gasteiger partial charge is 0.468 e. The number of carbonyl (C=O) groups excluding carboxylic acids is 1. The van der Waals surface area contributed by atoms with Crippen LogP contribution in [0.15, 0.2) is 18.2 Å². The fraction of sp³-hybridized carbons (Fsp3) is 0.200. The quantitative estimate of drug-likeness (QED) is 0.634. The number of halogens is 1. The number of hydrogen-bond donors (Lipinski definition) is 2. The number of anilines is 1. The Balaban J connectivity index is 2.87. The molecule has 0 aromatic heterocycles. The van der Waals surface area contributed by atoms with E-state index in [2.05, 4.69) is 10.1 Å². The Kier molecular flexibility index (Phi) is 4.52. The first-order chi connectivity index (χ1) is 7.54. The van der Waals surface area contributed by atoms with E-state index in [4.69, 9.17) is 29.6 Å². The summed E-state index contributed by atoms with van der Waals surface area (Å²) in [4.78, 5) is 11.2. The third-order valence-electron chi connectivity index (χ3n) is 1.90. The predicted octanol–water partition coefficient (Wildman–Crippen LogP) is 1.56. The second-order valence-corrected chi connectivity index (χ2v) is 3.86. The van der Waals surface area contributed by atoms with Crippen LogP contribution in [0, 0.1) is 0 Å². The predicted molar refractivity (Wildman–Crippen MR) is 67.8 cm³/mol. The molecule has 1 aromatic carbocycles. The maximum atomic E-state index is 11.0. The standard InChI is InChI=1S/C10H11ClN2O2S/c1-15-9(14)5-13-8-3-2-6(11)4-7(8)10(12)16/h2-4,13H,5H2,1H3,(H2,12,16). The molecule has 0 aliphatic rings. The molecule has 0 saturated carbocycles. The monoisotopic (exact) mass is 258 g/mol. The zero-order chi connectivity index (χ0) is 12.1. The molecule has 86 valence electrons. The van der Waals surface area contributed by atoms with Crippen molar-refractivity contribution in [3.05, 3.63) is 28.8 Å². The van der Waals surface area contributed by atoms with Crippen molar-refractivity contribution in [1.82, 2.24) is 0 Å². The zero-order valence-corrected chi connectivity index (χ0v) is 10.2. The highest BCUT2D eigenvalue weighted by molar-refractivity contribution is 7.80. The molecule has 4 nitrogen and oxygen atoms in total. The van der Waals surface area contributed by atoms with Crippen molar-refractivity contribution < 1.29 is 9.53 Å². The lowest BCUT2D eigenvalue weighted by Crippen LogP contribution is -2.18. The summed E-state index contributed by atoms with van der Waals surface area (Å²) in [6.07, 6.45) is 0. The van der Waals surface area contributed by atoms with Crippen LogP contribution in [0.25, 0.3) is 0 Å². The van der Waals surface area contributed by atoms with Gasteiger partial charge in [0.25, 0.3) is 0 Å². The number of nitrogens with one attached hydrogen (secondary N) is 1. The number of ether oxygens (including phenoxy) is 1. The zero-order valence-electron chi connectivity index (χ0n) is 8.62. The van der Waals surface area contributed by atoms with Crippen molar-refractivity contribution in [3.63, 3.8) is 0 Å². The van der Waals surface area contributed by atoms with E-state index >= 15 is 0 Å². The number of methoxy groups -OCH3 is 1. The maximum Gasteiger partial charge on any atom is 0.325 e. The average Bonchev–Trinajstić information content (AvgIpc) is 2.26. The van der Waals surface area contributed by atoms with Crippen molar-refractivity contribution in [2.45, 2.75) is 0 Å². The minimum atomic E-state index is -0.371. The number of esters is 1. The summed E-state index contributed by atoms with van der Waals surface area (Å²) in [7, 11) is 1.32. The van der Waals surface area contributed by atoms with Gasteiger partial charge in [0.05, 0.1) is 7.11 Å². The van der Waals surface area contributed by atoms with Crippen molar-refractivity contribution in [2.75, 3.05) is 19.0 Å². The SMILES string of the molecule is COC(=O)CNc1ccc(Cl)cc1C(N)=S. The highest BCUT2D eigenvalue weighted by Crippen LogP contribution is 2.20. The first kappa shape index (κ1) is 12.7. The minimum absolute atomic E-state index is 0.0494. The Morgan fingerprint density at radius 2 is 2.31 bits per heavy atom. The van der Waals surface area contributed by atoms with Crippen LogP contribution in [0.1, 0.15) is 5.56 Å². The number of benzene rings is 1. The van der Waals surface area contributed by atoms with Gasteiger partial charge in [0.1, 0.15) is 11.5 Å². The van der Waals surface area contributed by atoms with E-state index in [0.29, 0.717) is 16.3 Å². The second kappa shape index (κ2) is 5.67. The smallest absolute Gasteiger partial charge is 0.325 e. The molecule has 0 aliphatic carbocycles. The highest BCUT2D eigenvalue weighted by Gasteiger charge is 2.07. The number of hydrogen-bond acceptors (Lipinski definition) is 4. The molecule has 0 radical (unpaired) electrons. The molecule has 0 spiro atoms. The molecule has 1 aromatic rings. The number of rotatable bonds is 4. The Bertz CT molecular complexity index is 423. The summed E-state index contributed by atoms with van der Waals surface area (Å²) >= 11 is 10.7. The van der Waals surface area contributed by atoms with Crippen LogP contribution < -0.4 is 11.1 Å². The van der Waals surface area contributed by atoms with Gasteiger partial charge in [-0.3, -0.25) is 4.79 Å². The van der Waals surface area contributed by atoms with E-state index in [1.54, 1.807) is 18.2 Å². The highest BCUT2D eigenvalue weighted by atomic mass is 35.5. The van der Waals surface area contributed by atoms with Crippen molar-refractivity contribution in [3.8, 4) is 0 Å². The lowest BCUT2D eigenvalue weighted by atomic mass is 10.2. The van der Waals surface area contributed by atoms with Gasteiger partial charge in [-0.1, -0.05) is 23.8 Å². The van der Waals surface area contributed by atoms with E-state index in [0.717, 1.165) is 0 Å². The molecule has 0 bridgehead atoms. The van der Waals surface area contributed by atoms with Gasteiger partial charge in [0, 0.05) is 16.3 Å². The van der Waals surface area contributed by atoms with Crippen LogP contribution in [0.4, 0.5) is 5.69 Å². The minimum Gasteiger partial charge on any atom is -0.468 e. The lowest BCUT2D eigenvalue weighted by Gasteiger charge is -2.10. The summed E-state index contributed by atoms with van der Waals surface area (Å²) in [5.74, 6) is -0.371. The molecule has 0 aliphatic heterocycles. The molecule has 0 amide bonds. The number of nitrogens with two attached hydrogens (primary N) is 1. The Hall–Kier alpha value is -1.33. The van der Waals surface area contributed by atoms with E-state index in [1.807, 2.05) is 0 Å². The van der Waals surface area contributed by atoms with E-state index in [9.17, 15) is 4.79 Å². The van der Waals surface area contributed by atoms with Gasteiger partial charge in [-0.25, -0.2) is 0 Å². The van der Waals surface area contributed by atoms with Gasteiger partial charge in [0.2, 0.25) is 0 Å². The van der Waals surface area contributed by atoms with Gasteiger partial charge >= 0.3 is 5.97 Å². The molecule has 0 saturated heterocycles. The van der Waals surface area contributed by atoms with Crippen LogP contribution in [0.2, 0.25) is 5.02 Å². The molecule has 0 atom stereocenters. The van der Waals surface area contributed by atoms with Gasteiger partial charge in [-0.05, 0) is 18.2 Å². The normalized spacial score (nSPS) is 9.62. The van der Waals surface area contributed by atoms with Crippen molar-refractivity contribution in [2.24, 2.45) is 5.73 Å². The molecular weight excluding hydrogens is 248 g/mol. The summed E-state index contributed by atoms with van der Waals surface area (Å²) in [6.45, 7) is 0.0494. The third-order valence-corrected chi connectivity index (χ3v) is 2.35. The second-order valence-electron chi connectivity index (χ2n) is 2.98. The molecule has 16 heavy (non-hydrogen) atoms. The Morgan fingerprint density at radius 1 is 1.62 bits per heavy atom. The first-order valence-electron chi connectivity index (χ1n) is 4.44. The fourth-order valence-electron chi connectivity index (χ4n) is 1.11.